The summed E-state index contributed by atoms with van der Waals surface area (Å²) in [4.78, 5) is 12.2. The normalized spacial score (nSPS) is 11.9. The zero-order valence-electron chi connectivity index (χ0n) is 10.4. The second-order valence-electron chi connectivity index (χ2n) is 4.17. The number of nitrogens with two attached hydrogens (primary N) is 1. The van der Waals surface area contributed by atoms with Gasteiger partial charge in [-0.05, 0) is 31.9 Å². The summed E-state index contributed by atoms with van der Waals surface area (Å²) in [5.41, 5.74) is 8.56. The van der Waals surface area contributed by atoms with E-state index in [0.717, 1.165) is 11.3 Å². The lowest BCUT2D eigenvalue weighted by molar-refractivity contribution is -0.118. The number of thiocarbonyl (C=S) groups is 1. The first-order valence-corrected chi connectivity index (χ1v) is 6.04. The summed E-state index contributed by atoms with van der Waals surface area (Å²) in [5, 5.41) is 2.86. The minimum absolute atomic E-state index is 0.132. The fraction of sp³-hybridized carbons (Fsp3) is 0.385. The van der Waals surface area contributed by atoms with Crippen LogP contribution < -0.4 is 11.1 Å². The molecular weight excluding hydrogens is 232 g/mol. The van der Waals surface area contributed by atoms with Gasteiger partial charge in [-0.1, -0.05) is 36.8 Å². The van der Waals surface area contributed by atoms with Crippen molar-refractivity contribution in [3.63, 3.8) is 0 Å². The maximum atomic E-state index is 11.9. The van der Waals surface area contributed by atoms with Gasteiger partial charge in [0.1, 0.15) is 0 Å². The van der Waals surface area contributed by atoms with Gasteiger partial charge in [0, 0.05) is 5.69 Å². The third-order valence-corrected chi connectivity index (χ3v) is 2.99. The number of anilines is 1. The molecule has 0 spiro atoms. The third kappa shape index (κ3) is 3.53. The van der Waals surface area contributed by atoms with Crippen LogP contribution >= 0.6 is 12.2 Å². The van der Waals surface area contributed by atoms with Gasteiger partial charge in [-0.15, -0.1) is 0 Å². The van der Waals surface area contributed by atoms with Crippen molar-refractivity contribution < 1.29 is 4.79 Å². The molecule has 0 aromatic heterocycles. The van der Waals surface area contributed by atoms with Gasteiger partial charge in [0.05, 0.1) is 10.9 Å². The van der Waals surface area contributed by atoms with Crippen LogP contribution in [0.15, 0.2) is 18.2 Å². The molecule has 1 atom stereocenters. The molecule has 1 rings (SSSR count). The van der Waals surface area contributed by atoms with Gasteiger partial charge in [0.15, 0.2) is 0 Å². The van der Waals surface area contributed by atoms with Crippen LogP contribution in [-0.4, -0.2) is 10.9 Å². The van der Waals surface area contributed by atoms with Crippen molar-refractivity contribution in [1.29, 1.82) is 0 Å². The summed E-state index contributed by atoms with van der Waals surface area (Å²) in [6.07, 6.45) is 0.617. The van der Waals surface area contributed by atoms with Gasteiger partial charge in [0.25, 0.3) is 0 Å². The molecule has 17 heavy (non-hydrogen) atoms. The molecule has 0 fully saturated rings. The molecule has 1 aromatic rings. The fourth-order valence-corrected chi connectivity index (χ4v) is 1.96. The summed E-state index contributed by atoms with van der Waals surface area (Å²) in [5.74, 6) is -0.530. The summed E-state index contributed by atoms with van der Waals surface area (Å²) in [6, 6.07) is 5.89. The summed E-state index contributed by atoms with van der Waals surface area (Å²) in [7, 11) is 0. The number of nitrogens with one attached hydrogen (secondary N) is 1. The molecule has 4 heteroatoms. The second-order valence-corrected chi connectivity index (χ2v) is 4.64. The average molecular weight is 250 g/mol. The van der Waals surface area contributed by atoms with Crippen molar-refractivity contribution >= 4 is 28.8 Å². The van der Waals surface area contributed by atoms with Gasteiger partial charge in [-0.25, -0.2) is 0 Å². The predicted molar refractivity (Wildman–Crippen MR) is 75.1 cm³/mol. The Bertz CT molecular complexity index is 443. The monoisotopic (exact) mass is 250 g/mol. The van der Waals surface area contributed by atoms with E-state index in [4.69, 9.17) is 18.0 Å². The standard InChI is InChI=1S/C13H18N2OS/c1-4-10(12(14)17)13(16)15-11-6-5-8(2)7-9(11)3/h5-7,10H,4H2,1-3H3,(H2,14,17)(H,15,16). The Kier molecular flexibility index (Phi) is 4.63. The molecule has 0 aliphatic carbocycles. The second kappa shape index (κ2) is 5.77. The topological polar surface area (TPSA) is 55.1 Å². The molecular formula is C13H18N2OS. The lowest BCUT2D eigenvalue weighted by atomic mass is 10.0. The number of carbonyl (C=O) groups is 1. The average Bonchev–Trinajstić information content (AvgIpc) is 2.22. The smallest absolute Gasteiger partial charge is 0.234 e. The van der Waals surface area contributed by atoms with Gasteiger partial charge in [-0.3, -0.25) is 4.79 Å². The highest BCUT2D eigenvalue weighted by molar-refractivity contribution is 7.80. The minimum atomic E-state index is -0.397. The van der Waals surface area contributed by atoms with Gasteiger partial charge >= 0.3 is 0 Å². The van der Waals surface area contributed by atoms with Crippen molar-refractivity contribution in [3.8, 4) is 0 Å². The molecule has 0 radical (unpaired) electrons. The van der Waals surface area contributed by atoms with Crippen molar-refractivity contribution in [2.75, 3.05) is 5.32 Å². The van der Waals surface area contributed by atoms with Crippen LogP contribution in [0.4, 0.5) is 5.69 Å². The Morgan fingerprint density at radius 1 is 1.47 bits per heavy atom. The lowest BCUT2D eigenvalue weighted by Gasteiger charge is -2.15. The maximum absolute atomic E-state index is 11.9. The number of aryl methyl sites for hydroxylation is 2. The van der Waals surface area contributed by atoms with Crippen LogP contribution in [0.3, 0.4) is 0 Å². The number of hydrogen-bond acceptors (Lipinski definition) is 2. The van der Waals surface area contributed by atoms with Gasteiger partial charge < -0.3 is 11.1 Å². The molecule has 92 valence electrons. The first-order valence-electron chi connectivity index (χ1n) is 5.63. The van der Waals surface area contributed by atoms with E-state index in [2.05, 4.69) is 5.32 Å². The Balaban J connectivity index is 2.84. The molecule has 0 heterocycles. The number of rotatable bonds is 4. The summed E-state index contributed by atoms with van der Waals surface area (Å²) < 4.78 is 0. The number of carbonyl (C=O) groups excluding carboxylic acids is 1. The first kappa shape index (κ1) is 13.6. The molecule has 3 nitrogen and oxygen atoms in total. The van der Waals surface area contributed by atoms with Crippen molar-refractivity contribution in [2.24, 2.45) is 11.7 Å². The zero-order valence-corrected chi connectivity index (χ0v) is 11.2. The van der Waals surface area contributed by atoms with E-state index < -0.39 is 5.92 Å². The lowest BCUT2D eigenvalue weighted by Crippen LogP contribution is -2.32. The first-order chi connectivity index (χ1) is 7.95. The van der Waals surface area contributed by atoms with Crippen LogP contribution in [0.1, 0.15) is 24.5 Å². The molecule has 1 amide bonds. The van der Waals surface area contributed by atoms with Crippen molar-refractivity contribution in [3.05, 3.63) is 29.3 Å². The third-order valence-electron chi connectivity index (χ3n) is 2.71. The van der Waals surface area contributed by atoms with Crippen LogP contribution in [0.25, 0.3) is 0 Å². The van der Waals surface area contributed by atoms with E-state index in [1.54, 1.807) is 0 Å². The van der Waals surface area contributed by atoms with E-state index >= 15 is 0 Å². The van der Waals surface area contributed by atoms with Crippen molar-refractivity contribution in [2.45, 2.75) is 27.2 Å². The zero-order chi connectivity index (χ0) is 13.0. The molecule has 0 saturated heterocycles. The molecule has 3 N–H and O–H groups in total. The predicted octanol–water partition coefficient (Wildman–Crippen LogP) is 2.55. The van der Waals surface area contributed by atoms with Crippen LogP contribution in [-0.2, 0) is 4.79 Å². The highest BCUT2D eigenvalue weighted by atomic mass is 32.1. The van der Waals surface area contributed by atoms with E-state index in [1.165, 1.54) is 5.56 Å². The molecule has 1 aromatic carbocycles. The maximum Gasteiger partial charge on any atom is 0.234 e. The number of benzene rings is 1. The van der Waals surface area contributed by atoms with Crippen LogP contribution in [0.2, 0.25) is 0 Å². The number of hydrogen-bond donors (Lipinski definition) is 2. The SMILES string of the molecule is CCC(C(=O)Nc1ccc(C)cc1C)C(N)=S. The molecule has 0 aliphatic heterocycles. The largest absolute Gasteiger partial charge is 0.393 e. The van der Waals surface area contributed by atoms with Gasteiger partial charge in [0.2, 0.25) is 5.91 Å². The summed E-state index contributed by atoms with van der Waals surface area (Å²) >= 11 is 4.88. The molecule has 0 saturated carbocycles. The Hall–Kier alpha value is -1.42. The van der Waals surface area contributed by atoms with Gasteiger partial charge in [-0.2, -0.15) is 0 Å². The highest BCUT2D eigenvalue weighted by Crippen LogP contribution is 2.17. The van der Waals surface area contributed by atoms with E-state index in [0.29, 0.717) is 6.42 Å². The minimum Gasteiger partial charge on any atom is -0.393 e. The quantitative estimate of drug-likeness (QED) is 0.807. The van der Waals surface area contributed by atoms with E-state index in [9.17, 15) is 4.79 Å². The Labute approximate surface area is 107 Å². The van der Waals surface area contributed by atoms with E-state index in [-0.39, 0.29) is 10.9 Å². The fourth-order valence-electron chi connectivity index (χ4n) is 1.69. The molecule has 1 unspecified atom stereocenters. The van der Waals surface area contributed by atoms with Crippen LogP contribution in [0, 0.1) is 19.8 Å². The van der Waals surface area contributed by atoms with Crippen LogP contribution in [0.5, 0.6) is 0 Å². The molecule has 0 bridgehead atoms. The van der Waals surface area contributed by atoms with E-state index in [1.807, 2.05) is 39.0 Å². The highest BCUT2D eigenvalue weighted by Gasteiger charge is 2.19. The molecule has 0 aliphatic rings. The summed E-state index contributed by atoms with van der Waals surface area (Å²) in [6.45, 7) is 5.87. The Morgan fingerprint density at radius 3 is 2.59 bits per heavy atom. The number of amides is 1. The Morgan fingerprint density at radius 2 is 2.12 bits per heavy atom. The van der Waals surface area contributed by atoms with Crippen molar-refractivity contribution in [1.82, 2.24) is 0 Å².